The van der Waals surface area contributed by atoms with Gasteiger partial charge in [-0.1, -0.05) is 30.8 Å². The van der Waals surface area contributed by atoms with Gasteiger partial charge < -0.3 is 9.84 Å². The molecule has 88 valence electrons. The van der Waals surface area contributed by atoms with Crippen molar-refractivity contribution in [3.05, 3.63) is 12.2 Å². The maximum Gasteiger partial charge on any atom is 0.213 e. The molecule has 16 heavy (non-hydrogen) atoms. The van der Waals surface area contributed by atoms with Gasteiger partial charge in [-0.15, -0.1) is 0 Å². The molecule has 0 radical (unpaired) electrons. The number of aliphatic imine (C=N–C) groups is 1. The maximum atomic E-state index is 4.66. The predicted octanol–water partition coefficient (Wildman–Crippen LogP) is 1.68. The number of thioether (sulfide) groups is 1. The molecule has 5 nitrogen and oxygen atoms in total. The Morgan fingerprint density at radius 2 is 2.50 bits per heavy atom. The topological polar surface area (TPSA) is 63.3 Å². The van der Waals surface area contributed by atoms with Crippen LogP contribution in [0.2, 0.25) is 0 Å². The first kappa shape index (κ1) is 11.4. The van der Waals surface area contributed by atoms with Crippen molar-refractivity contribution in [1.29, 1.82) is 0 Å². The molecule has 1 aliphatic heterocycles. The summed E-state index contributed by atoms with van der Waals surface area (Å²) < 4.78 is 4.66. The van der Waals surface area contributed by atoms with Crippen LogP contribution in [-0.2, 0) is 6.54 Å². The zero-order valence-corrected chi connectivity index (χ0v) is 10.3. The lowest BCUT2D eigenvalue weighted by Crippen LogP contribution is -2.19. The van der Waals surface area contributed by atoms with Crippen LogP contribution in [0.4, 0.5) is 0 Å². The Kier molecular flexibility index (Phi) is 3.82. The number of nitrogens with zero attached hydrogens (tertiary/aromatic N) is 3. The number of rotatable bonds is 4. The molecule has 2 heterocycles. The van der Waals surface area contributed by atoms with Gasteiger partial charge >= 0.3 is 0 Å². The van der Waals surface area contributed by atoms with Crippen molar-refractivity contribution in [1.82, 2.24) is 15.5 Å². The van der Waals surface area contributed by atoms with E-state index in [4.69, 9.17) is 0 Å². The van der Waals surface area contributed by atoms with E-state index in [1.54, 1.807) is 0 Å². The highest BCUT2D eigenvalue weighted by Gasteiger charge is 2.20. The van der Waals surface area contributed by atoms with Crippen molar-refractivity contribution in [3.8, 4) is 0 Å². The summed E-state index contributed by atoms with van der Waals surface area (Å²) in [5.41, 5.74) is 0. The van der Waals surface area contributed by atoms with E-state index in [2.05, 4.69) is 38.8 Å². The Balaban J connectivity index is 1.72. The fourth-order valence-corrected chi connectivity index (χ4v) is 2.84. The van der Waals surface area contributed by atoms with Crippen molar-refractivity contribution >= 4 is 16.9 Å². The van der Waals surface area contributed by atoms with E-state index in [-0.39, 0.29) is 0 Å². The van der Waals surface area contributed by atoms with Crippen LogP contribution in [0.15, 0.2) is 15.9 Å². The monoisotopic (exact) mass is 240 g/mol. The van der Waals surface area contributed by atoms with Crippen LogP contribution in [0.25, 0.3) is 0 Å². The Morgan fingerprint density at radius 1 is 1.62 bits per heavy atom. The number of hydrogen-bond acceptors (Lipinski definition) is 6. The third-order valence-electron chi connectivity index (χ3n) is 2.26. The van der Waals surface area contributed by atoms with Gasteiger partial charge in [-0.2, -0.15) is 4.98 Å². The molecular weight excluding hydrogens is 224 g/mol. The minimum absolute atomic E-state index is 0.580. The van der Waals surface area contributed by atoms with Crippen molar-refractivity contribution in [2.75, 3.05) is 6.54 Å². The van der Waals surface area contributed by atoms with Crippen LogP contribution in [0.3, 0.4) is 0 Å². The fraction of sp³-hybridized carbons (Fsp3) is 0.700. The molecule has 6 heteroatoms. The third-order valence-corrected chi connectivity index (χ3v) is 3.43. The van der Waals surface area contributed by atoms with Gasteiger partial charge in [0.25, 0.3) is 0 Å². The molecule has 1 unspecified atom stereocenters. The quantitative estimate of drug-likeness (QED) is 0.867. The highest BCUT2D eigenvalue weighted by Crippen LogP contribution is 2.25. The lowest BCUT2D eigenvalue weighted by molar-refractivity contribution is 0.409. The second-order valence-electron chi connectivity index (χ2n) is 4.22. The summed E-state index contributed by atoms with van der Waals surface area (Å²) in [6, 6.07) is 0. The Morgan fingerprint density at radius 3 is 3.19 bits per heavy atom. The van der Waals surface area contributed by atoms with Gasteiger partial charge in [-0.05, 0) is 12.3 Å². The summed E-state index contributed by atoms with van der Waals surface area (Å²) in [6.45, 7) is 5.98. The maximum absolute atomic E-state index is 4.66. The average Bonchev–Trinajstić information content (AvgIpc) is 2.84. The highest BCUT2D eigenvalue weighted by molar-refractivity contribution is 8.14. The summed E-state index contributed by atoms with van der Waals surface area (Å²) in [5.74, 6) is 1.39. The number of nitrogens with one attached hydrogen (secondary N) is 1. The second-order valence-corrected chi connectivity index (χ2v) is 5.51. The first-order valence-corrected chi connectivity index (χ1v) is 6.32. The van der Waals surface area contributed by atoms with Gasteiger partial charge in [0.2, 0.25) is 6.39 Å². The summed E-state index contributed by atoms with van der Waals surface area (Å²) in [4.78, 5) is 8.39. The van der Waals surface area contributed by atoms with E-state index in [0.29, 0.717) is 17.6 Å². The summed E-state index contributed by atoms with van der Waals surface area (Å²) >= 11 is 1.81. The van der Waals surface area contributed by atoms with Crippen molar-refractivity contribution in [3.63, 3.8) is 0 Å². The molecule has 0 aromatic carbocycles. The van der Waals surface area contributed by atoms with Crippen LogP contribution >= 0.6 is 11.8 Å². The van der Waals surface area contributed by atoms with Crippen LogP contribution in [0.5, 0.6) is 0 Å². The SMILES string of the molecule is CC(C)CC1CN=C(NCc2ncon2)S1. The zero-order valence-electron chi connectivity index (χ0n) is 9.51. The molecule has 1 aliphatic rings. The van der Waals surface area contributed by atoms with Gasteiger partial charge in [0.15, 0.2) is 11.0 Å². The number of amidine groups is 1. The third kappa shape index (κ3) is 3.23. The van der Waals surface area contributed by atoms with E-state index in [1.807, 2.05) is 11.8 Å². The number of hydrogen-bond donors (Lipinski definition) is 1. The first-order chi connectivity index (χ1) is 7.74. The minimum Gasteiger partial charge on any atom is -0.357 e. The molecule has 0 spiro atoms. The lowest BCUT2D eigenvalue weighted by atomic mass is 10.1. The molecular formula is C10H16N4OS. The summed E-state index contributed by atoms with van der Waals surface area (Å²) in [6.07, 6.45) is 2.55. The molecule has 0 amide bonds. The van der Waals surface area contributed by atoms with E-state index in [9.17, 15) is 0 Å². The molecule has 0 bridgehead atoms. The van der Waals surface area contributed by atoms with Crippen molar-refractivity contribution in [2.24, 2.45) is 10.9 Å². The molecule has 1 atom stereocenters. The van der Waals surface area contributed by atoms with E-state index >= 15 is 0 Å². The Labute approximate surface area is 99.1 Å². The largest absolute Gasteiger partial charge is 0.357 e. The Hall–Kier alpha value is -1.04. The minimum atomic E-state index is 0.580. The van der Waals surface area contributed by atoms with Gasteiger partial charge in [0.1, 0.15) is 0 Å². The van der Waals surface area contributed by atoms with E-state index in [1.165, 1.54) is 12.8 Å². The average molecular weight is 240 g/mol. The molecule has 1 aromatic rings. The standard InChI is InChI=1S/C10H16N4OS/c1-7(2)3-8-4-11-10(16-8)12-5-9-13-6-15-14-9/h6-8H,3-5H2,1-2H3,(H,11,12). The Bertz CT molecular complexity index is 350. The molecule has 0 saturated carbocycles. The molecule has 1 N–H and O–H groups in total. The molecule has 0 saturated heterocycles. The van der Waals surface area contributed by atoms with Crippen LogP contribution < -0.4 is 5.32 Å². The van der Waals surface area contributed by atoms with Gasteiger partial charge in [0.05, 0.1) is 13.1 Å². The smallest absolute Gasteiger partial charge is 0.213 e. The fourth-order valence-electron chi connectivity index (χ4n) is 1.59. The molecule has 1 aromatic heterocycles. The van der Waals surface area contributed by atoms with E-state index < -0.39 is 0 Å². The van der Waals surface area contributed by atoms with E-state index in [0.717, 1.165) is 17.6 Å². The van der Waals surface area contributed by atoms with Crippen LogP contribution in [0.1, 0.15) is 26.1 Å². The van der Waals surface area contributed by atoms with Crippen LogP contribution in [-0.4, -0.2) is 27.1 Å². The van der Waals surface area contributed by atoms with Gasteiger partial charge in [-0.3, -0.25) is 4.99 Å². The van der Waals surface area contributed by atoms with Gasteiger partial charge in [0, 0.05) is 5.25 Å². The molecule has 0 aliphatic carbocycles. The molecule has 0 fully saturated rings. The summed E-state index contributed by atoms with van der Waals surface area (Å²) in [5, 5.41) is 8.56. The van der Waals surface area contributed by atoms with Crippen molar-refractivity contribution in [2.45, 2.75) is 32.1 Å². The van der Waals surface area contributed by atoms with Crippen molar-refractivity contribution < 1.29 is 4.52 Å². The lowest BCUT2D eigenvalue weighted by Gasteiger charge is -2.10. The normalized spacial score (nSPS) is 20.2. The summed E-state index contributed by atoms with van der Waals surface area (Å²) in [7, 11) is 0. The predicted molar refractivity (Wildman–Crippen MR) is 64.3 cm³/mol. The first-order valence-electron chi connectivity index (χ1n) is 5.44. The second kappa shape index (κ2) is 5.34. The number of aromatic nitrogens is 2. The van der Waals surface area contributed by atoms with Crippen LogP contribution in [0, 0.1) is 5.92 Å². The van der Waals surface area contributed by atoms with Gasteiger partial charge in [-0.25, -0.2) is 0 Å². The molecule has 2 rings (SSSR count). The zero-order chi connectivity index (χ0) is 11.4. The highest BCUT2D eigenvalue weighted by atomic mass is 32.2.